The standard InChI is InChI=1S/C12H14N4S2/c13-7-3-1-5-9(11(7)15)17-18-10-6-2-4-8(14)12(10)16/h1-6H,13-16H2. The van der Waals surface area contributed by atoms with E-state index in [0.29, 0.717) is 22.7 Å². The Morgan fingerprint density at radius 3 is 1.39 bits per heavy atom. The Bertz CT molecular complexity index is 520. The highest BCUT2D eigenvalue weighted by Gasteiger charge is 2.07. The molecule has 0 spiro atoms. The molecule has 0 unspecified atom stereocenters. The number of para-hydroxylation sites is 2. The third-order valence-electron chi connectivity index (χ3n) is 2.42. The summed E-state index contributed by atoms with van der Waals surface area (Å²) in [5.41, 5.74) is 25.7. The van der Waals surface area contributed by atoms with Crippen molar-refractivity contribution in [2.45, 2.75) is 9.79 Å². The molecule has 0 fully saturated rings. The van der Waals surface area contributed by atoms with Crippen LogP contribution >= 0.6 is 21.6 Å². The summed E-state index contributed by atoms with van der Waals surface area (Å²) in [6.07, 6.45) is 0. The van der Waals surface area contributed by atoms with Gasteiger partial charge in [0.2, 0.25) is 0 Å². The van der Waals surface area contributed by atoms with Crippen LogP contribution in [0.4, 0.5) is 22.7 Å². The fourth-order valence-corrected chi connectivity index (χ4v) is 3.63. The van der Waals surface area contributed by atoms with E-state index in [1.165, 1.54) is 21.6 Å². The minimum absolute atomic E-state index is 0.584. The van der Waals surface area contributed by atoms with Crippen LogP contribution in [0.5, 0.6) is 0 Å². The van der Waals surface area contributed by atoms with Crippen LogP contribution in [0, 0.1) is 0 Å². The highest BCUT2D eigenvalue weighted by Crippen LogP contribution is 2.44. The summed E-state index contributed by atoms with van der Waals surface area (Å²) < 4.78 is 0. The van der Waals surface area contributed by atoms with Gasteiger partial charge in [0.1, 0.15) is 0 Å². The van der Waals surface area contributed by atoms with Gasteiger partial charge in [0.15, 0.2) is 0 Å². The lowest BCUT2D eigenvalue weighted by molar-refractivity contribution is 1.46. The molecule has 4 nitrogen and oxygen atoms in total. The van der Waals surface area contributed by atoms with Gasteiger partial charge in [-0.15, -0.1) is 0 Å². The van der Waals surface area contributed by atoms with Crippen molar-refractivity contribution in [3.8, 4) is 0 Å². The van der Waals surface area contributed by atoms with Crippen molar-refractivity contribution in [2.24, 2.45) is 0 Å². The highest BCUT2D eigenvalue weighted by molar-refractivity contribution is 8.76. The van der Waals surface area contributed by atoms with E-state index in [4.69, 9.17) is 22.9 Å². The summed E-state index contributed by atoms with van der Waals surface area (Å²) in [6, 6.07) is 11.1. The Morgan fingerprint density at radius 1 is 0.611 bits per heavy atom. The molecule has 8 N–H and O–H groups in total. The first-order valence-corrected chi connectivity index (χ1v) is 7.37. The average Bonchev–Trinajstić information content (AvgIpc) is 2.36. The molecule has 2 aromatic rings. The Labute approximate surface area is 113 Å². The predicted molar refractivity (Wildman–Crippen MR) is 82.2 cm³/mol. The second kappa shape index (κ2) is 5.32. The molecule has 2 aromatic carbocycles. The number of nitrogen functional groups attached to an aromatic ring is 4. The third-order valence-corrected chi connectivity index (χ3v) is 4.90. The van der Waals surface area contributed by atoms with E-state index in [-0.39, 0.29) is 0 Å². The number of hydrogen-bond acceptors (Lipinski definition) is 6. The smallest absolute Gasteiger partial charge is 0.0694 e. The molecule has 0 atom stereocenters. The molecular formula is C12H14N4S2. The molecule has 0 aliphatic heterocycles. The molecule has 94 valence electrons. The van der Waals surface area contributed by atoms with Crippen LogP contribution in [-0.4, -0.2) is 0 Å². The van der Waals surface area contributed by atoms with Gasteiger partial charge in [0, 0.05) is 9.79 Å². The minimum atomic E-state index is 0.584. The summed E-state index contributed by atoms with van der Waals surface area (Å²) in [5.74, 6) is 0. The van der Waals surface area contributed by atoms with Gasteiger partial charge in [0.25, 0.3) is 0 Å². The summed E-state index contributed by atoms with van der Waals surface area (Å²) in [7, 11) is 3.03. The summed E-state index contributed by atoms with van der Waals surface area (Å²) in [5, 5.41) is 0. The second-order valence-corrected chi connectivity index (χ2v) is 5.90. The van der Waals surface area contributed by atoms with Crippen LogP contribution in [0.3, 0.4) is 0 Å². The quantitative estimate of drug-likeness (QED) is 0.508. The summed E-state index contributed by atoms with van der Waals surface area (Å²) in [6.45, 7) is 0. The largest absolute Gasteiger partial charge is 0.397 e. The minimum Gasteiger partial charge on any atom is -0.397 e. The van der Waals surface area contributed by atoms with E-state index >= 15 is 0 Å². The first kappa shape index (κ1) is 12.8. The molecule has 0 bridgehead atoms. The van der Waals surface area contributed by atoms with Crippen LogP contribution in [-0.2, 0) is 0 Å². The Balaban J connectivity index is 2.17. The van der Waals surface area contributed by atoms with Crippen molar-refractivity contribution >= 4 is 44.3 Å². The lowest BCUT2D eigenvalue weighted by Gasteiger charge is -2.09. The molecule has 0 aliphatic rings. The monoisotopic (exact) mass is 278 g/mol. The van der Waals surface area contributed by atoms with Crippen molar-refractivity contribution in [3.63, 3.8) is 0 Å². The topological polar surface area (TPSA) is 104 Å². The number of rotatable bonds is 3. The van der Waals surface area contributed by atoms with Gasteiger partial charge >= 0.3 is 0 Å². The molecule has 0 aliphatic carbocycles. The van der Waals surface area contributed by atoms with Crippen molar-refractivity contribution in [3.05, 3.63) is 36.4 Å². The SMILES string of the molecule is Nc1cccc(SSc2cccc(N)c2N)c1N. The van der Waals surface area contributed by atoms with Crippen LogP contribution in [0.25, 0.3) is 0 Å². The van der Waals surface area contributed by atoms with Crippen LogP contribution in [0.1, 0.15) is 0 Å². The zero-order valence-electron chi connectivity index (χ0n) is 9.59. The Morgan fingerprint density at radius 2 is 1.00 bits per heavy atom. The first-order chi connectivity index (χ1) is 8.59. The van der Waals surface area contributed by atoms with Crippen LogP contribution < -0.4 is 22.9 Å². The maximum Gasteiger partial charge on any atom is 0.0694 e. The van der Waals surface area contributed by atoms with E-state index in [1.807, 2.05) is 24.3 Å². The average molecular weight is 278 g/mol. The van der Waals surface area contributed by atoms with Gasteiger partial charge in [0.05, 0.1) is 22.7 Å². The predicted octanol–water partition coefficient (Wildman–Crippen LogP) is 2.81. The Hall–Kier alpha value is -1.66. The lowest BCUT2D eigenvalue weighted by Crippen LogP contribution is -1.96. The molecular weight excluding hydrogens is 264 g/mol. The van der Waals surface area contributed by atoms with E-state index in [9.17, 15) is 0 Å². The maximum absolute atomic E-state index is 5.90. The number of anilines is 4. The normalized spacial score (nSPS) is 10.4. The summed E-state index contributed by atoms with van der Waals surface area (Å²) >= 11 is 0. The van der Waals surface area contributed by atoms with Gasteiger partial charge in [-0.3, -0.25) is 0 Å². The van der Waals surface area contributed by atoms with Crippen molar-refractivity contribution in [2.75, 3.05) is 22.9 Å². The van der Waals surface area contributed by atoms with Crippen molar-refractivity contribution in [1.82, 2.24) is 0 Å². The van der Waals surface area contributed by atoms with E-state index in [1.54, 1.807) is 12.1 Å². The molecule has 0 saturated carbocycles. The molecule has 0 heterocycles. The first-order valence-electron chi connectivity index (χ1n) is 5.22. The zero-order chi connectivity index (χ0) is 13.1. The van der Waals surface area contributed by atoms with Crippen LogP contribution in [0.15, 0.2) is 46.2 Å². The molecule has 6 heteroatoms. The van der Waals surface area contributed by atoms with Crippen molar-refractivity contribution in [1.29, 1.82) is 0 Å². The van der Waals surface area contributed by atoms with E-state index < -0.39 is 0 Å². The molecule has 18 heavy (non-hydrogen) atoms. The molecule has 0 radical (unpaired) electrons. The molecule has 2 rings (SSSR count). The fraction of sp³-hybridized carbons (Fsp3) is 0. The second-order valence-electron chi connectivity index (χ2n) is 3.68. The lowest BCUT2D eigenvalue weighted by atomic mass is 10.3. The third kappa shape index (κ3) is 2.60. The van der Waals surface area contributed by atoms with E-state index in [0.717, 1.165) is 9.79 Å². The maximum atomic E-state index is 5.90. The zero-order valence-corrected chi connectivity index (χ0v) is 11.2. The van der Waals surface area contributed by atoms with Crippen LogP contribution in [0.2, 0.25) is 0 Å². The molecule has 0 aromatic heterocycles. The van der Waals surface area contributed by atoms with Gasteiger partial charge in [-0.05, 0) is 24.3 Å². The molecule has 0 saturated heterocycles. The number of benzene rings is 2. The Kier molecular flexibility index (Phi) is 3.78. The van der Waals surface area contributed by atoms with Gasteiger partial charge in [-0.1, -0.05) is 33.7 Å². The number of hydrogen-bond donors (Lipinski definition) is 4. The van der Waals surface area contributed by atoms with Crippen molar-refractivity contribution < 1.29 is 0 Å². The van der Waals surface area contributed by atoms with E-state index in [2.05, 4.69) is 0 Å². The molecule has 0 amide bonds. The number of nitrogens with two attached hydrogens (primary N) is 4. The van der Waals surface area contributed by atoms with Gasteiger partial charge in [-0.25, -0.2) is 0 Å². The fourth-order valence-electron chi connectivity index (χ4n) is 1.36. The summed E-state index contributed by atoms with van der Waals surface area (Å²) in [4.78, 5) is 1.84. The van der Waals surface area contributed by atoms with Gasteiger partial charge < -0.3 is 22.9 Å². The van der Waals surface area contributed by atoms with Gasteiger partial charge in [-0.2, -0.15) is 0 Å². The highest BCUT2D eigenvalue weighted by atomic mass is 33.1.